The topological polar surface area (TPSA) is 291 Å². The summed E-state index contributed by atoms with van der Waals surface area (Å²) in [4.78, 5) is 80.8. The highest BCUT2D eigenvalue weighted by atomic mass is 32.2. The number of alkyl carbamates (subject to hydrolysis) is 1. The van der Waals surface area contributed by atoms with Crippen molar-refractivity contribution in [1.29, 1.82) is 0 Å². The quantitative estimate of drug-likeness (QED) is 0.0497. The number of aliphatic carboxylic acids is 1. The van der Waals surface area contributed by atoms with Crippen LogP contribution in [0.15, 0.2) is 34.2 Å². The van der Waals surface area contributed by atoms with Gasteiger partial charge in [-0.05, 0) is 83.8 Å². The third kappa shape index (κ3) is 18.7. The van der Waals surface area contributed by atoms with Gasteiger partial charge in [-0.15, -0.1) is 0 Å². The molecule has 4 atom stereocenters. The molecule has 0 spiro atoms. The second-order valence-corrected chi connectivity index (χ2v) is 16.5. The number of primary amides is 1. The number of amides is 5. The van der Waals surface area contributed by atoms with Gasteiger partial charge in [-0.1, -0.05) is 45.4 Å². The third-order valence-electron chi connectivity index (χ3n) is 7.48. The Balaban J connectivity index is 3.28. The summed E-state index contributed by atoms with van der Waals surface area (Å²) < 4.78 is 32.8. The van der Waals surface area contributed by atoms with Gasteiger partial charge in [-0.2, -0.15) is 0 Å². The van der Waals surface area contributed by atoms with Crippen LogP contribution in [0.2, 0.25) is 0 Å². The molecule has 0 heterocycles. The molecule has 0 fully saturated rings. The molecule has 304 valence electrons. The molecule has 10 N–H and O–H groups in total. The van der Waals surface area contributed by atoms with Gasteiger partial charge in [0, 0.05) is 13.0 Å². The number of ether oxygens (including phenoxy) is 1. The molecule has 19 heteroatoms. The van der Waals surface area contributed by atoms with Gasteiger partial charge < -0.3 is 42.6 Å². The highest BCUT2D eigenvalue weighted by Gasteiger charge is 2.32. The monoisotopic (exact) mass is 782 g/mol. The zero-order chi connectivity index (χ0) is 41.4. The summed E-state index contributed by atoms with van der Waals surface area (Å²) in [6.45, 7) is 13.8. The van der Waals surface area contributed by atoms with Crippen molar-refractivity contribution in [1.82, 2.24) is 26.0 Å². The Morgan fingerprint density at radius 2 is 1.26 bits per heavy atom. The van der Waals surface area contributed by atoms with E-state index in [9.17, 15) is 42.3 Å². The number of nitrogens with two attached hydrogens (primary N) is 2. The highest BCUT2D eigenvalue weighted by molar-refractivity contribution is 7.90. The molecule has 0 aliphatic heterocycles. The van der Waals surface area contributed by atoms with E-state index in [0.717, 1.165) is 5.56 Å². The molecular formula is C35H58N8O10S. The maximum Gasteiger partial charge on any atom is 0.408 e. The van der Waals surface area contributed by atoms with E-state index in [1.807, 2.05) is 13.8 Å². The fourth-order valence-electron chi connectivity index (χ4n) is 4.93. The Morgan fingerprint density at radius 3 is 1.74 bits per heavy atom. The van der Waals surface area contributed by atoms with Gasteiger partial charge >= 0.3 is 12.1 Å². The summed E-state index contributed by atoms with van der Waals surface area (Å²) in [5, 5.41) is 19.7. The van der Waals surface area contributed by atoms with Crippen LogP contribution in [0.25, 0.3) is 0 Å². The van der Waals surface area contributed by atoms with Gasteiger partial charge in [0.25, 0.3) is 10.0 Å². The summed E-state index contributed by atoms with van der Waals surface area (Å²) in [6.07, 6.45) is -1.28. The lowest BCUT2D eigenvalue weighted by molar-refractivity contribution is -0.142. The number of nitrogens with zero attached hydrogens (tertiary/aromatic N) is 1. The van der Waals surface area contributed by atoms with Crippen LogP contribution in [-0.2, 0) is 38.7 Å². The minimum absolute atomic E-state index is 0.0331. The predicted octanol–water partition coefficient (Wildman–Crippen LogP) is 1.16. The number of sulfonamides is 1. The number of carbonyl (C=O) groups is 6. The number of aliphatic imine (C=N–C) groups is 1. The molecule has 0 unspecified atom stereocenters. The van der Waals surface area contributed by atoms with Gasteiger partial charge in [0.2, 0.25) is 29.6 Å². The minimum atomic E-state index is -4.03. The van der Waals surface area contributed by atoms with Crippen molar-refractivity contribution in [2.24, 2.45) is 28.3 Å². The van der Waals surface area contributed by atoms with Crippen molar-refractivity contribution >= 4 is 51.7 Å². The Labute approximate surface area is 317 Å². The number of aryl methyl sites for hydroxylation is 1. The maximum atomic E-state index is 13.7. The molecule has 0 bridgehead atoms. The van der Waals surface area contributed by atoms with Crippen LogP contribution in [-0.4, -0.2) is 91.5 Å². The zero-order valence-electron chi connectivity index (χ0n) is 32.4. The van der Waals surface area contributed by atoms with Crippen molar-refractivity contribution in [2.75, 3.05) is 6.54 Å². The Bertz CT molecular complexity index is 1590. The number of carboxylic acids is 1. The number of benzene rings is 1. The maximum absolute atomic E-state index is 13.7. The Hall–Kier alpha value is -4.94. The van der Waals surface area contributed by atoms with E-state index in [1.165, 1.54) is 12.1 Å². The van der Waals surface area contributed by atoms with Crippen molar-refractivity contribution in [2.45, 2.75) is 129 Å². The summed E-state index contributed by atoms with van der Waals surface area (Å²) in [5.74, 6) is -5.18. The molecule has 5 amide bonds. The van der Waals surface area contributed by atoms with Gasteiger partial charge in [-0.25, -0.2) is 22.7 Å². The van der Waals surface area contributed by atoms with Gasteiger partial charge in [-0.3, -0.25) is 24.2 Å². The normalized spacial score (nSPS) is 14.3. The van der Waals surface area contributed by atoms with Crippen molar-refractivity contribution in [3.05, 3.63) is 29.8 Å². The van der Waals surface area contributed by atoms with E-state index >= 15 is 0 Å². The molecular weight excluding hydrogens is 724 g/mol. The lowest BCUT2D eigenvalue weighted by Crippen LogP contribution is -2.58. The van der Waals surface area contributed by atoms with Gasteiger partial charge in [0.15, 0.2) is 0 Å². The summed E-state index contributed by atoms with van der Waals surface area (Å²) in [6, 6.07) is 0.837. The van der Waals surface area contributed by atoms with E-state index < -0.39 is 81.4 Å². The standard InChI is InChI=1S/C35H58N8O10S/c1-20(2)18-26(42-34(50)53-35(6,7)8)31(47)40-25(15-16-28(36)44)30(46)39-24(29(45)41-27(32(48)49)19-21(3)4)10-9-17-38-33(37)43-54(51,52)23-13-11-22(5)12-14-23/h11-14,20-21,24-27H,9-10,15-19H2,1-8H3,(H2,36,44)(H,39,46)(H,40,47)(H,41,45)(H,42,50)(H,48,49)(H3,37,38,43)/t24-,25-,26-,27-/m0/s1. The highest BCUT2D eigenvalue weighted by Crippen LogP contribution is 2.13. The molecule has 0 aromatic heterocycles. The van der Waals surface area contributed by atoms with E-state index in [1.54, 1.807) is 53.7 Å². The summed E-state index contributed by atoms with van der Waals surface area (Å²) >= 11 is 0. The van der Waals surface area contributed by atoms with E-state index in [-0.39, 0.29) is 61.8 Å². The average molecular weight is 783 g/mol. The van der Waals surface area contributed by atoms with Crippen LogP contribution in [0.4, 0.5) is 4.79 Å². The van der Waals surface area contributed by atoms with Crippen LogP contribution in [0.3, 0.4) is 0 Å². The smallest absolute Gasteiger partial charge is 0.408 e. The first kappa shape index (κ1) is 47.1. The summed E-state index contributed by atoms with van der Waals surface area (Å²) in [7, 11) is -4.03. The molecule has 1 rings (SSSR count). The SMILES string of the molecule is Cc1ccc(S(=O)(=O)NC(N)=NCCC[C@H](NC(=O)[C@H](CCC(N)=O)NC(=O)[C@H](CC(C)C)NC(=O)OC(C)(C)C)C(=O)N[C@@H](CC(C)C)C(=O)O)cc1. The van der Waals surface area contributed by atoms with Crippen molar-refractivity contribution < 1.29 is 47.0 Å². The molecule has 0 saturated carbocycles. The van der Waals surface area contributed by atoms with Gasteiger partial charge in [0.05, 0.1) is 4.90 Å². The fraction of sp³-hybridized carbons (Fsp3) is 0.629. The first-order valence-electron chi connectivity index (χ1n) is 17.7. The molecule has 18 nitrogen and oxygen atoms in total. The number of rotatable bonds is 21. The van der Waals surface area contributed by atoms with Crippen LogP contribution < -0.4 is 37.5 Å². The van der Waals surface area contributed by atoms with Crippen LogP contribution in [0.5, 0.6) is 0 Å². The number of guanidine groups is 1. The second kappa shape index (κ2) is 21.7. The van der Waals surface area contributed by atoms with Crippen molar-refractivity contribution in [3.8, 4) is 0 Å². The second-order valence-electron chi connectivity index (χ2n) is 14.8. The Kier molecular flexibility index (Phi) is 18.9. The van der Waals surface area contributed by atoms with Crippen LogP contribution in [0.1, 0.15) is 92.6 Å². The van der Waals surface area contributed by atoms with Crippen molar-refractivity contribution in [3.63, 3.8) is 0 Å². The minimum Gasteiger partial charge on any atom is -0.480 e. The Morgan fingerprint density at radius 1 is 0.778 bits per heavy atom. The molecule has 1 aromatic carbocycles. The number of carbonyl (C=O) groups excluding carboxylic acids is 5. The predicted molar refractivity (Wildman–Crippen MR) is 201 cm³/mol. The van der Waals surface area contributed by atoms with Crippen LogP contribution in [0, 0.1) is 18.8 Å². The number of carboxylic acid groups (broad SMARTS) is 1. The van der Waals surface area contributed by atoms with Crippen LogP contribution >= 0.6 is 0 Å². The molecule has 54 heavy (non-hydrogen) atoms. The van der Waals surface area contributed by atoms with E-state index in [0.29, 0.717) is 0 Å². The molecule has 0 aliphatic carbocycles. The first-order valence-corrected chi connectivity index (χ1v) is 19.2. The number of hydrogen-bond donors (Lipinski definition) is 8. The van der Waals surface area contributed by atoms with E-state index in [4.69, 9.17) is 16.2 Å². The third-order valence-corrected chi connectivity index (χ3v) is 8.86. The number of nitrogens with one attached hydrogen (secondary N) is 5. The molecule has 1 aromatic rings. The largest absolute Gasteiger partial charge is 0.480 e. The molecule has 0 saturated heterocycles. The molecule has 0 radical (unpaired) electrons. The zero-order valence-corrected chi connectivity index (χ0v) is 33.2. The van der Waals surface area contributed by atoms with Gasteiger partial charge in [0.1, 0.15) is 29.8 Å². The fourth-order valence-corrected chi connectivity index (χ4v) is 5.88. The lowest BCUT2D eigenvalue weighted by atomic mass is 10.0. The lowest BCUT2D eigenvalue weighted by Gasteiger charge is -2.27. The summed E-state index contributed by atoms with van der Waals surface area (Å²) in [5.41, 5.74) is 11.2. The molecule has 0 aliphatic rings. The number of hydrogen-bond acceptors (Lipinski definition) is 10. The van der Waals surface area contributed by atoms with E-state index in [2.05, 4.69) is 31.0 Å². The average Bonchev–Trinajstić information content (AvgIpc) is 3.02. The first-order chi connectivity index (χ1) is 24.9.